The van der Waals surface area contributed by atoms with E-state index in [1.54, 1.807) is 4.90 Å². The van der Waals surface area contributed by atoms with Crippen molar-refractivity contribution in [1.29, 1.82) is 0 Å². The summed E-state index contributed by atoms with van der Waals surface area (Å²) in [6, 6.07) is 0. The summed E-state index contributed by atoms with van der Waals surface area (Å²) in [7, 11) is 1.81. The molecule has 1 saturated heterocycles. The van der Waals surface area contributed by atoms with Crippen LogP contribution in [0.2, 0.25) is 0 Å². The van der Waals surface area contributed by atoms with E-state index >= 15 is 0 Å². The summed E-state index contributed by atoms with van der Waals surface area (Å²) in [6.45, 7) is 1.41. The Balaban J connectivity index is 1.87. The van der Waals surface area contributed by atoms with Gasteiger partial charge >= 0.3 is 5.97 Å². The molecule has 0 spiro atoms. The number of ether oxygens (including phenoxy) is 1. The first kappa shape index (κ1) is 16.3. The zero-order valence-corrected chi connectivity index (χ0v) is 13.0. The zero-order valence-electron chi connectivity index (χ0n) is 13.0. The second-order valence-corrected chi connectivity index (χ2v) is 6.72. The smallest absolute Gasteiger partial charge is 0.303 e. The van der Waals surface area contributed by atoms with Gasteiger partial charge in [0.05, 0.1) is 12.5 Å². The molecule has 0 bridgehead atoms. The second-order valence-electron chi connectivity index (χ2n) is 6.72. The lowest BCUT2D eigenvalue weighted by molar-refractivity contribution is -0.141. The third-order valence-corrected chi connectivity index (χ3v) is 4.89. The van der Waals surface area contributed by atoms with Crippen LogP contribution in [-0.2, 0) is 14.3 Å². The first-order valence-electron chi connectivity index (χ1n) is 8.08. The molecule has 1 unspecified atom stereocenters. The predicted molar refractivity (Wildman–Crippen MR) is 79.0 cm³/mol. The Labute approximate surface area is 126 Å². The number of hydrogen-bond donors (Lipinski definition) is 1. The van der Waals surface area contributed by atoms with E-state index < -0.39 is 5.97 Å². The van der Waals surface area contributed by atoms with Gasteiger partial charge in [-0.15, -0.1) is 0 Å². The lowest BCUT2D eigenvalue weighted by Gasteiger charge is -2.31. The minimum absolute atomic E-state index is 0.0623. The normalized spacial score (nSPS) is 24.7. The number of amides is 1. The van der Waals surface area contributed by atoms with Crippen LogP contribution in [0.25, 0.3) is 0 Å². The molecule has 0 radical (unpaired) electrons. The molecule has 0 aromatic heterocycles. The van der Waals surface area contributed by atoms with Crippen molar-refractivity contribution in [1.82, 2.24) is 4.90 Å². The van der Waals surface area contributed by atoms with Gasteiger partial charge in [-0.25, -0.2) is 0 Å². The number of rotatable bonds is 6. The fourth-order valence-electron chi connectivity index (χ4n) is 3.68. The van der Waals surface area contributed by atoms with E-state index in [9.17, 15) is 9.59 Å². The highest BCUT2D eigenvalue weighted by Gasteiger charge is 2.38. The van der Waals surface area contributed by atoms with Crippen molar-refractivity contribution in [3.63, 3.8) is 0 Å². The van der Waals surface area contributed by atoms with Crippen molar-refractivity contribution in [2.24, 2.45) is 5.41 Å². The van der Waals surface area contributed by atoms with E-state index in [4.69, 9.17) is 9.84 Å². The molecule has 2 fully saturated rings. The Bertz CT molecular complexity index is 370. The molecular weight excluding hydrogens is 270 g/mol. The van der Waals surface area contributed by atoms with Gasteiger partial charge in [-0.1, -0.05) is 12.8 Å². The molecule has 21 heavy (non-hydrogen) atoms. The highest BCUT2D eigenvalue weighted by atomic mass is 16.5. The molecular formula is C16H27NO4. The van der Waals surface area contributed by atoms with Gasteiger partial charge in [0.1, 0.15) is 0 Å². The van der Waals surface area contributed by atoms with Crippen molar-refractivity contribution >= 4 is 11.9 Å². The lowest BCUT2D eigenvalue weighted by atomic mass is 9.79. The number of likely N-dealkylation sites (N-methyl/N-ethyl adjacent to an activating group) is 1. The molecule has 120 valence electrons. The molecule has 0 aromatic carbocycles. The fraction of sp³-hybridized carbons (Fsp3) is 0.875. The summed E-state index contributed by atoms with van der Waals surface area (Å²) in [5.74, 6) is -0.727. The van der Waals surface area contributed by atoms with Gasteiger partial charge in [-0.2, -0.15) is 0 Å². The Morgan fingerprint density at radius 2 is 1.90 bits per heavy atom. The van der Waals surface area contributed by atoms with Gasteiger partial charge in [0, 0.05) is 26.6 Å². The van der Waals surface area contributed by atoms with Gasteiger partial charge in [-0.05, 0) is 37.5 Å². The molecule has 1 aliphatic carbocycles. The summed E-state index contributed by atoms with van der Waals surface area (Å²) < 4.78 is 5.67. The Morgan fingerprint density at radius 1 is 1.19 bits per heavy atom. The van der Waals surface area contributed by atoms with Gasteiger partial charge in [0.2, 0.25) is 5.91 Å². The van der Waals surface area contributed by atoms with Gasteiger partial charge in [0.15, 0.2) is 0 Å². The third kappa shape index (κ3) is 4.70. The summed E-state index contributed by atoms with van der Waals surface area (Å²) in [4.78, 5) is 25.3. The van der Waals surface area contributed by atoms with E-state index in [2.05, 4.69) is 0 Å². The maximum absolute atomic E-state index is 12.4. The number of carboxylic acid groups (broad SMARTS) is 1. The van der Waals surface area contributed by atoms with Gasteiger partial charge < -0.3 is 14.7 Å². The van der Waals surface area contributed by atoms with E-state index in [0.29, 0.717) is 13.0 Å². The second kappa shape index (κ2) is 7.25. The monoisotopic (exact) mass is 297 g/mol. The fourth-order valence-corrected chi connectivity index (χ4v) is 3.68. The molecule has 5 nitrogen and oxygen atoms in total. The van der Waals surface area contributed by atoms with E-state index in [0.717, 1.165) is 51.6 Å². The molecule has 1 aliphatic heterocycles. The van der Waals surface area contributed by atoms with Crippen LogP contribution < -0.4 is 0 Å². The van der Waals surface area contributed by atoms with Crippen LogP contribution in [0, 0.1) is 5.41 Å². The average molecular weight is 297 g/mol. The zero-order chi connectivity index (χ0) is 15.3. The Morgan fingerprint density at radius 3 is 2.48 bits per heavy atom. The van der Waals surface area contributed by atoms with Crippen molar-refractivity contribution in [3.05, 3.63) is 0 Å². The number of carbonyl (C=O) groups is 2. The Kier molecular flexibility index (Phi) is 5.62. The van der Waals surface area contributed by atoms with E-state index in [1.807, 2.05) is 7.05 Å². The molecule has 1 saturated carbocycles. The average Bonchev–Trinajstić information content (AvgIpc) is 2.87. The topological polar surface area (TPSA) is 66.8 Å². The van der Waals surface area contributed by atoms with Crippen LogP contribution in [0.15, 0.2) is 0 Å². The molecule has 1 heterocycles. The highest BCUT2D eigenvalue weighted by molar-refractivity contribution is 5.78. The SMILES string of the molecule is CN(CC1CCCCO1)C(=O)CC1(CC(=O)O)CCCC1. The summed E-state index contributed by atoms with van der Waals surface area (Å²) in [5, 5.41) is 9.11. The maximum Gasteiger partial charge on any atom is 0.303 e. The number of aliphatic carboxylic acids is 1. The first-order chi connectivity index (χ1) is 10.0. The molecule has 1 amide bonds. The summed E-state index contributed by atoms with van der Waals surface area (Å²) >= 11 is 0. The number of nitrogens with zero attached hydrogens (tertiary/aromatic N) is 1. The standard InChI is InChI=1S/C16H27NO4/c1-17(12-13-6-2-5-9-21-13)14(18)10-16(11-15(19)20)7-3-4-8-16/h13H,2-12H2,1H3,(H,19,20). The third-order valence-electron chi connectivity index (χ3n) is 4.89. The van der Waals surface area contributed by atoms with Gasteiger partial charge in [0.25, 0.3) is 0 Å². The van der Waals surface area contributed by atoms with Crippen LogP contribution in [-0.4, -0.2) is 48.2 Å². The minimum atomic E-state index is -0.789. The minimum Gasteiger partial charge on any atom is -0.481 e. The predicted octanol–water partition coefficient (Wildman–Crippen LogP) is 2.44. The quantitative estimate of drug-likeness (QED) is 0.817. The van der Waals surface area contributed by atoms with Crippen LogP contribution in [0.4, 0.5) is 0 Å². The maximum atomic E-state index is 12.4. The number of carboxylic acids is 1. The lowest BCUT2D eigenvalue weighted by Crippen LogP contribution is -2.39. The van der Waals surface area contributed by atoms with Crippen LogP contribution in [0.5, 0.6) is 0 Å². The highest BCUT2D eigenvalue weighted by Crippen LogP contribution is 2.44. The number of hydrogen-bond acceptors (Lipinski definition) is 3. The largest absolute Gasteiger partial charge is 0.481 e. The molecule has 2 rings (SSSR count). The molecule has 2 aliphatic rings. The van der Waals surface area contributed by atoms with Crippen molar-refractivity contribution in [3.8, 4) is 0 Å². The van der Waals surface area contributed by atoms with E-state index in [-0.39, 0.29) is 23.8 Å². The summed E-state index contributed by atoms with van der Waals surface area (Å²) in [6.07, 6.45) is 7.70. The Hall–Kier alpha value is -1.10. The summed E-state index contributed by atoms with van der Waals surface area (Å²) in [5.41, 5.74) is -0.315. The van der Waals surface area contributed by atoms with Crippen LogP contribution in [0.3, 0.4) is 0 Å². The molecule has 1 atom stereocenters. The van der Waals surface area contributed by atoms with Crippen LogP contribution >= 0.6 is 0 Å². The molecule has 0 aromatic rings. The van der Waals surface area contributed by atoms with Gasteiger partial charge in [-0.3, -0.25) is 9.59 Å². The number of carbonyl (C=O) groups excluding carboxylic acids is 1. The molecule has 5 heteroatoms. The van der Waals surface area contributed by atoms with Crippen molar-refractivity contribution in [2.75, 3.05) is 20.2 Å². The van der Waals surface area contributed by atoms with Crippen molar-refractivity contribution in [2.45, 2.75) is 63.9 Å². The van der Waals surface area contributed by atoms with Crippen LogP contribution in [0.1, 0.15) is 57.8 Å². The molecule has 1 N–H and O–H groups in total. The first-order valence-corrected chi connectivity index (χ1v) is 8.08. The van der Waals surface area contributed by atoms with Crippen molar-refractivity contribution < 1.29 is 19.4 Å². The van der Waals surface area contributed by atoms with E-state index in [1.165, 1.54) is 0 Å².